The molecule has 0 heterocycles. The molecule has 0 unspecified atom stereocenters. The molecule has 1 N–H and O–H groups in total. The molecule has 19 heavy (non-hydrogen) atoms. The van der Waals surface area contributed by atoms with E-state index < -0.39 is 0 Å². The number of rotatable bonds is 8. The molecular weight excluding hydrogens is 260 g/mol. The van der Waals surface area contributed by atoms with Crippen LogP contribution < -0.4 is 10.2 Å². The van der Waals surface area contributed by atoms with E-state index in [2.05, 4.69) is 17.4 Å². The lowest BCUT2D eigenvalue weighted by Gasteiger charge is -2.19. The van der Waals surface area contributed by atoms with Crippen LogP contribution in [0.1, 0.15) is 6.42 Å². The molecule has 106 valence electrons. The summed E-state index contributed by atoms with van der Waals surface area (Å²) in [5, 5.41) is 2.88. The number of hydrogen-bond acceptors (Lipinski definition) is 4. The van der Waals surface area contributed by atoms with Crippen LogP contribution in [0.15, 0.2) is 29.2 Å². The molecule has 1 aromatic rings. The van der Waals surface area contributed by atoms with Crippen LogP contribution in [0.3, 0.4) is 0 Å². The maximum Gasteiger partial charge on any atom is 0.239 e. The molecule has 0 saturated heterocycles. The zero-order valence-corrected chi connectivity index (χ0v) is 12.6. The van der Waals surface area contributed by atoms with E-state index in [0.29, 0.717) is 19.7 Å². The van der Waals surface area contributed by atoms with Crippen LogP contribution in [0.25, 0.3) is 0 Å². The molecule has 0 radical (unpaired) electrons. The van der Waals surface area contributed by atoms with E-state index in [-0.39, 0.29) is 5.91 Å². The second-order valence-electron chi connectivity index (χ2n) is 4.25. The highest BCUT2D eigenvalue weighted by molar-refractivity contribution is 7.98. The number of carbonyl (C=O) groups excluding carboxylic acids is 1. The van der Waals surface area contributed by atoms with E-state index >= 15 is 0 Å². The number of nitrogens with zero attached hydrogens (tertiary/aromatic N) is 1. The van der Waals surface area contributed by atoms with Gasteiger partial charge in [-0.15, -0.1) is 11.8 Å². The number of amides is 1. The van der Waals surface area contributed by atoms with Gasteiger partial charge in [-0.2, -0.15) is 0 Å². The number of thioether (sulfide) groups is 1. The zero-order chi connectivity index (χ0) is 14.1. The summed E-state index contributed by atoms with van der Waals surface area (Å²) in [5.74, 6) is 0.0348. The molecule has 1 aromatic carbocycles. The van der Waals surface area contributed by atoms with Crippen LogP contribution in [-0.2, 0) is 9.53 Å². The molecule has 0 spiro atoms. The van der Waals surface area contributed by atoms with E-state index in [1.807, 2.05) is 30.3 Å². The van der Waals surface area contributed by atoms with E-state index in [0.717, 1.165) is 12.1 Å². The minimum Gasteiger partial charge on any atom is -0.385 e. The van der Waals surface area contributed by atoms with Gasteiger partial charge in [0.05, 0.1) is 6.54 Å². The molecule has 1 rings (SSSR count). The summed E-state index contributed by atoms with van der Waals surface area (Å²) in [4.78, 5) is 14.9. The van der Waals surface area contributed by atoms with Gasteiger partial charge in [0.2, 0.25) is 5.91 Å². The molecule has 0 saturated carbocycles. The number of anilines is 1. The van der Waals surface area contributed by atoms with Crippen LogP contribution >= 0.6 is 11.8 Å². The molecule has 0 aliphatic heterocycles. The first-order valence-electron chi connectivity index (χ1n) is 6.28. The highest BCUT2D eigenvalue weighted by atomic mass is 32.2. The van der Waals surface area contributed by atoms with Crippen LogP contribution in [0.2, 0.25) is 0 Å². The van der Waals surface area contributed by atoms with Gasteiger partial charge in [-0.1, -0.05) is 0 Å². The Morgan fingerprint density at radius 3 is 2.63 bits per heavy atom. The summed E-state index contributed by atoms with van der Waals surface area (Å²) in [6.45, 7) is 1.70. The SMILES string of the molecule is COCCCNC(=O)CN(C)c1ccc(SC)cc1. The van der Waals surface area contributed by atoms with Gasteiger partial charge >= 0.3 is 0 Å². The third-order valence-electron chi connectivity index (χ3n) is 2.74. The van der Waals surface area contributed by atoms with Crippen molar-refractivity contribution in [1.82, 2.24) is 5.32 Å². The van der Waals surface area contributed by atoms with Gasteiger partial charge < -0.3 is 15.0 Å². The van der Waals surface area contributed by atoms with Gasteiger partial charge in [0.1, 0.15) is 0 Å². The summed E-state index contributed by atoms with van der Waals surface area (Å²) in [7, 11) is 3.58. The Balaban J connectivity index is 2.36. The Morgan fingerprint density at radius 2 is 2.05 bits per heavy atom. The zero-order valence-electron chi connectivity index (χ0n) is 11.8. The lowest BCUT2D eigenvalue weighted by atomic mass is 10.3. The molecular formula is C14H22N2O2S. The second kappa shape index (κ2) is 8.82. The average Bonchev–Trinajstić information content (AvgIpc) is 2.43. The van der Waals surface area contributed by atoms with Gasteiger partial charge in [0.15, 0.2) is 0 Å². The minimum atomic E-state index is 0.0348. The van der Waals surface area contributed by atoms with Crippen molar-refractivity contribution in [3.63, 3.8) is 0 Å². The molecule has 0 atom stereocenters. The largest absolute Gasteiger partial charge is 0.385 e. The number of carbonyl (C=O) groups is 1. The molecule has 1 amide bonds. The lowest BCUT2D eigenvalue weighted by Crippen LogP contribution is -2.35. The highest BCUT2D eigenvalue weighted by Crippen LogP contribution is 2.19. The summed E-state index contributed by atoms with van der Waals surface area (Å²) in [5.41, 5.74) is 1.05. The minimum absolute atomic E-state index is 0.0348. The van der Waals surface area contributed by atoms with Gasteiger partial charge in [-0.05, 0) is 36.9 Å². The Hall–Kier alpha value is -1.20. The normalized spacial score (nSPS) is 10.3. The second-order valence-corrected chi connectivity index (χ2v) is 5.13. The maximum atomic E-state index is 11.7. The summed E-state index contributed by atoms with van der Waals surface area (Å²) < 4.78 is 4.93. The van der Waals surface area contributed by atoms with Crippen molar-refractivity contribution in [3.8, 4) is 0 Å². The number of benzene rings is 1. The fourth-order valence-electron chi connectivity index (χ4n) is 1.64. The molecule has 5 heteroatoms. The highest BCUT2D eigenvalue weighted by Gasteiger charge is 2.06. The first-order chi connectivity index (χ1) is 9.17. The molecule has 0 aliphatic carbocycles. The lowest BCUT2D eigenvalue weighted by molar-refractivity contribution is -0.119. The topological polar surface area (TPSA) is 41.6 Å². The molecule has 0 aromatic heterocycles. The smallest absolute Gasteiger partial charge is 0.239 e. The number of nitrogens with one attached hydrogen (secondary N) is 1. The average molecular weight is 282 g/mol. The maximum absolute atomic E-state index is 11.7. The summed E-state index contributed by atoms with van der Waals surface area (Å²) in [6.07, 6.45) is 2.89. The Bertz CT molecular complexity index is 382. The van der Waals surface area contributed by atoms with Crippen molar-refractivity contribution in [2.75, 3.05) is 45.0 Å². The van der Waals surface area contributed by atoms with Crippen LogP contribution in [0.4, 0.5) is 5.69 Å². The van der Waals surface area contributed by atoms with Gasteiger partial charge in [-0.25, -0.2) is 0 Å². The fourth-order valence-corrected chi connectivity index (χ4v) is 2.05. The van der Waals surface area contributed by atoms with Crippen molar-refractivity contribution in [3.05, 3.63) is 24.3 Å². The number of likely N-dealkylation sites (N-methyl/N-ethyl adjacent to an activating group) is 1. The van der Waals surface area contributed by atoms with Gasteiger partial charge in [-0.3, -0.25) is 4.79 Å². The number of hydrogen-bond donors (Lipinski definition) is 1. The van der Waals surface area contributed by atoms with E-state index in [9.17, 15) is 4.79 Å². The molecule has 0 aliphatic rings. The first-order valence-corrected chi connectivity index (χ1v) is 7.50. The monoisotopic (exact) mass is 282 g/mol. The number of ether oxygens (including phenoxy) is 1. The van der Waals surface area contributed by atoms with Crippen LogP contribution in [-0.4, -0.2) is 46.0 Å². The molecule has 0 bridgehead atoms. The van der Waals surface area contributed by atoms with Crippen molar-refractivity contribution < 1.29 is 9.53 Å². The number of methoxy groups -OCH3 is 1. The van der Waals surface area contributed by atoms with E-state index in [1.165, 1.54) is 4.90 Å². The Kier molecular flexibility index (Phi) is 7.36. The first kappa shape index (κ1) is 15.9. The Labute approximate surface area is 119 Å². The third-order valence-corrected chi connectivity index (χ3v) is 3.48. The fraction of sp³-hybridized carbons (Fsp3) is 0.500. The standard InChI is InChI=1S/C14H22N2O2S/c1-16(11-14(17)15-9-4-10-18-2)12-5-7-13(19-3)8-6-12/h5-8H,4,9-11H2,1-3H3,(H,15,17). The predicted molar refractivity (Wildman–Crippen MR) is 81.0 cm³/mol. The van der Waals surface area contributed by atoms with Crippen molar-refractivity contribution in [1.29, 1.82) is 0 Å². The molecule has 0 fully saturated rings. The van der Waals surface area contributed by atoms with E-state index in [4.69, 9.17) is 4.74 Å². The molecule has 4 nitrogen and oxygen atoms in total. The van der Waals surface area contributed by atoms with Gasteiger partial charge in [0, 0.05) is 37.9 Å². The summed E-state index contributed by atoms with van der Waals surface area (Å²) >= 11 is 1.71. The van der Waals surface area contributed by atoms with Crippen molar-refractivity contribution in [2.24, 2.45) is 0 Å². The van der Waals surface area contributed by atoms with E-state index in [1.54, 1.807) is 18.9 Å². The van der Waals surface area contributed by atoms with Crippen LogP contribution in [0, 0.1) is 0 Å². The van der Waals surface area contributed by atoms with Crippen molar-refractivity contribution >= 4 is 23.4 Å². The third kappa shape index (κ3) is 5.98. The Morgan fingerprint density at radius 1 is 1.37 bits per heavy atom. The predicted octanol–water partition coefficient (Wildman–Crippen LogP) is 2.00. The van der Waals surface area contributed by atoms with Crippen LogP contribution in [0.5, 0.6) is 0 Å². The summed E-state index contributed by atoms with van der Waals surface area (Å²) in [6, 6.07) is 8.19. The van der Waals surface area contributed by atoms with Crippen molar-refractivity contribution in [2.45, 2.75) is 11.3 Å². The quantitative estimate of drug-likeness (QED) is 0.585. The van der Waals surface area contributed by atoms with Gasteiger partial charge in [0.25, 0.3) is 0 Å².